The lowest BCUT2D eigenvalue weighted by Gasteiger charge is -2.25. The molecule has 4 nitrogen and oxygen atoms in total. The minimum absolute atomic E-state index is 0.126. The standard InChI is InChI=1S/C15H21N3O/c16-13-5-1-4-12(10-13)15(19)18-9-3-8-17-7-2-6-14(17)11-18/h1,4-5,10,14H,2-3,6-9,11,16H2. The Bertz CT molecular complexity index is 474. The third-order valence-electron chi connectivity index (χ3n) is 4.22. The van der Waals surface area contributed by atoms with Crippen molar-refractivity contribution in [3.63, 3.8) is 0 Å². The van der Waals surface area contributed by atoms with E-state index in [0.717, 1.165) is 26.1 Å². The SMILES string of the molecule is Nc1cccc(C(=O)N2CCCN3CCCC3C2)c1. The van der Waals surface area contributed by atoms with E-state index < -0.39 is 0 Å². The monoisotopic (exact) mass is 259 g/mol. The molecule has 0 saturated carbocycles. The lowest BCUT2D eigenvalue weighted by molar-refractivity contribution is 0.0743. The molecule has 102 valence electrons. The summed E-state index contributed by atoms with van der Waals surface area (Å²) in [4.78, 5) is 17.1. The quantitative estimate of drug-likeness (QED) is 0.779. The molecule has 0 spiro atoms. The van der Waals surface area contributed by atoms with Crippen molar-refractivity contribution < 1.29 is 4.79 Å². The normalized spacial score (nSPS) is 24.0. The van der Waals surface area contributed by atoms with E-state index in [0.29, 0.717) is 17.3 Å². The van der Waals surface area contributed by atoms with Gasteiger partial charge in [-0.15, -0.1) is 0 Å². The molecule has 2 fully saturated rings. The van der Waals surface area contributed by atoms with Gasteiger partial charge in [-0.2, -0.15) is 0 Å². The molecule has 19 heavy (non-hydrogen) atoms. The van der Waals surface area contributed by atoms with Gasteiger partial charge in [0.1, 0.15) is 0 Å². The van der Waals surface area contributed by atoms with Crippen molar-refractivity contribution in [1.29, 1.82) is 0 Å². The summed E-state index contributed by atoms with van der Waals surface area (Å²) in [5, 5.41) is 0. The van der Waals surface area contributed by atoms with Gasteiger partial charge >= 0.3 is 0 Å². The van der Waals surface area contributed by atoms with E-state index in [1.165, 1.54) is 19.4 Å². The highest BCUT2D eigenvalue weighted by atomic mass is 16.2. The van der Waals surface area contributed by atoms with Crippen LogP contribution in [-0.4, -0.2) is 47.9 Å². The highest BCUT2D eigenvalue weighted by Crippen LogP contribution is 2.22. The summed E-state index contributed by atoms with van der Waals surface area (Å²) in [6.07, 6.45) is 3.57. The van der Waals surface area contributed by atoms with E-state index in [1.807, 2.05) is 23.1 Å². The molecule has 1 aromatic rings. The van der Waals surface area contributed by atoms with Crippen molar-refractivity contribution in [1.82, 2.24) is 9.80 Å². The molecule has 0 aromatic heterocycles. The Balaban J connectivity index is 1.75. The first kappa shape index (κ1) is 12.5. The molecule has 0 bridgehead atoms. The number of nitrogen functional groups attached to an aromatic ring is 1. The molecule has 3 rings (SSSR count). The van der Waals surface area contributed by atoms with Gasteiger partial charge in [0.05, 0.1) is 0 Å². The minimum atomic E-state index is 0.126. The fourth-order valence-electron chi connectivity index (χ4n) is 3.25. The van der Waals surface area contributed by atoms with Gasteiger partial charge < -0.3 is 10.6 Å². The van der Waals surface area contributed by atoms with Gasteiger partial charge in [0, 0.05) is 36.9 Å². The molecule has 1 amide bonds. The second kappa shape index (κ2) is 5.21. The second-order valence-electron chi connectivity index (χ2n) is 5.56. The van der Waals surface area contributed by atoms with E-state index >= 15 is 0 Å². The Kier molecular flexibility index (Phi) is 3.42. The van der Waals surface area contributed by atoms with E-state index in [9.17, 15) is 4.79 Å². The van der Waals surface area contributed by atoms with Crippen molar-refractivity contribution in [2.24, 2.45) is 0 Å². The first-order chi connectivity index (χ1) is 9.24. The molecular weight excluding hydrogens is 238 g/mol. The molecule has 2 aliphatic heterocycles. The Morgan fingerprint density at radius 3 is 2.89 bits per heavy atom. The third kappa shape index (κ3) is 2.59. The van der Waals surface area contributed by atoms with Gasteiger partial charge in [-0.3, -0.25) is 9.69 Å². The van der Waals surface area contributed by atoms with Crippen LogP contribution in [0.2, 0.25) is 0 Å². The first-order valence-corrected chi connectivity index (χ1v) is 7.13. The lowest BCUT2D eigenvalue weighted by Crippen LogP contribution is -2.39. The number of rotatable bonds is 1. The Morgan fingerprint density at radius 1 is 1.21 bits per heavy atom. The summed E-state index contributed by atoms with van der Waals surface area (Å²) in [6.45, 7) is 4.06. The maximum atomic E-state index is 12.5. The molecule has 1 aromatic carbocycles. The summed E-state index contributed by atoms with van der Waals surface area (Å²) in [5.74, 6) is 0.126. The predicted octanol–water partition coefficient (Wildman–Crippen LogP) is 1.58. The summed E-state index contributed by atoms with van der Waals surface area (Å²) >= 11 is 0. The average molecular weight is 259 g/mol. The second-order valence-corrected chi connectivity index (χ2v) is 5.56. The molecule has 1 atom stereocenters. The van der Waals surface area contributed by atoms with Crippen molar-refractivity contribution in [2.75, 3.05) is 31.9 Å². The number of anilines is 1. The summed E-state index contributed by atoms with van der Waals surface area (Å²) in [5.41, 5.74) is 7.13. The molecule has 2 saturated heterocycles. The molecule has 0 radical (unpaired) electrons. The Hall–Kier alpha value is -1.55. The van der Waals surface area contributed by atoms with Gasteiger partial charge in [0.15, 0.2) is 0 Å². The van der Waals surface area contributed by atoms with E-state index in [2.05, 4.69) is 4.90 Å². The van der Waals surface area contributed by atoms with E-state index in [-0.39, 0.29) is 5.91 Å². The number of amides is 1. The van der Waals surface area contributed by atoms with Crippen LogP contribution in [0.25, 0.3) is 0 Å². The van der Waals surface area contributed by atoms with E-state index in [1.54, 1.807) is 6.07 Å². The van der Waals surface area contributed by atoms with Crippen LogP contribution in [0.5, 0.6) is 0 Å². The highest BCUT2D eigenvalue weighted by molar-refractivity contribution is 5.95. The maximum Gasteiger partial charge on any atom is 0.253 e. The van der Waals surface area contributed by atoms with Crippen LogP contribution in [0.15, 0.2) is 24.3 Å². The van der Waals surface area contributed by atoms with E-state index in [4.69, 9.17) is 5.73 Å². The first-order valence-electron chi connectivity index (χ1n) is 7.13. The van der Waals surface area contributed by atoms with Crippen LogP contribution in [-0.2, 0) is 0 Å². The number of benzene rings is 1. The largest absolute Gasteiger partial charge is 0.399 e. The summed E-state index contributed by atoms with van der Waals surface area (Å²) < 4.78 is 0. The fourth-order valence-corrected chi connectivity index (χ4v) is 3.25. The van der Waals surface area contributed by atoms with Crippen LogP contribution in [0.4, 0.5) is 5.69 Å². The summed E-state index contributed by atoms with van der Waals surface area (Å²) in [6, 6.07) is 7.86. The lowest BCUT2D eigenvalue weighted by atomic mass is 10.1. The topological polar surface area (TPSA) is 49.6 Å². The highest BCUT2D eigenvalue weighted by Gasteiger charge is 2.30. The molecule has 0 aliphatic carbocycles. The van der Waals surface area contributed by atoms with Crippen LogP contribution in [0, 0.1) is 0 Å². The smallest absolute Gasteiger partial charge is 0.253 e. The van der Waals surface area contributed by atoms with Crippen LogP contribution in [0.3, 0.4) is 0 Å². The van der Waals surface area contributed by atoms with Crippen molar-refractivity contribution in [3.05, 3.63) is 29.8 Å². The average Bonchev–Trinajstić information content (AvgIpc) is 2.75. The maximum absolute atomic E-state index is 12.5. The Morgan fingerprint density at radius 2 is 2.05 bits per heavy atom. The molecule has 4 heteroatoms. The fraction of sp³-hybridized carbons (Fsp3) is 0.533. The minimum Gasteiger partial charge on any atom is -0.399 e. The third-order valence-corrected chi connectivity index (χ3v) is 4.22. The zero-order chi connectivity index (χ0) is 13.2. The zero-order valence-electron chi connectivity index (χ0n) is 11.2. The summed E-state index contributed by atoms with van der Waals surface area (Å²) in [7, 11) is 0. The number of fused-ring (bicyclic) bond motifs is 1. The van der Waals surface area contributed by atoms with Crippen LogP contribution >= 0.6 is 0 Å². The van der Waals surface area contributed by atoms with Gasteiger partial charge in [0.25, 0.3) is 5.91 Å². The number of hydrogen-bond acceptors (Lipinski definition) is 3. The predicted molar refractivity (Wildman–Crippen MR) is 76.0 cm³/mol. The van der Waals surface area contributed by atoms with Crippen molar-refractivity contribution in [2.45, 2.75) is 25.3 Å². The number of hydrogen-bond donors (Lipinski definition) is 1. The number of nitrogens with zero attached hydrogens (tertiary/aromatic N) is 2. The molecular formula is C15H21N3O. The Labute approximate surface area is 114 Å². The number of nitrogens with two attached hydrogens (primary N) is 1. The molecule has 2 N–H and O–H groups in total. The number of carbonyl (C=O) groups excluding carboxylic acids is 1. The number of carbonyl (C=O) groups is 1. The van der Waals surface area contributed by atoms with Gasteiger partial charge in [0.2, 0.25) is 0 Å². The molecule has 1 unspecified atom stereocenters. The molecule has 2 heterocycles. The van der Waals surface area contributed by atoms with Crippen LogP contribution < -0.4 is 5.73 Å². The molecule has 2 aliphatic rings. The van der Waals surface area contributed by atoms with Crippen molar-refractivity contribution >= 4 is 11.6 Å². The van der Waals surface area contributed by atoms with Crippen LogP contribution in [0.1, 0.15) is 29.6 Å². The van der Waals surface area contributed by atoms with Gasteiger partial charge in [-0.05, 0) is 44.0 Å². The van der Waals surface area contributed by atoms with Crippen molar-refractivity contribution in [3.8, 4) is 0 Å². The van der Waals surface area contributed by atoms with Gasteiger partial charge in [-0.1, -0.05) is 6.07 Å². The zero-order valence-corrected chi connectivity index (χ0v) is 11.2. The van der Waals surface area contributed by atoms with Gasteiger partial charge in [-0.25, -0.2) is 0 Å².